The standard InChI is InChI=1S/C15H25N3O/c1-11(2)13-10-14(18-17-13)16-15(19)9-12-7-5-3-4-6-8-12/h10-12H,3-9H2,1-2H3,(H2,16,17,18,19). The monoisotopic (exact) mass is 263 g/mol. The van der Waals surface area contributed by atoms with E-state index in [0.717, 1.165) is 5.69 Å². The summed E-state index contributed by atoms with van der Waals surface area (Å²) >= 11 is 0. The largest absolute Gasteiger partial charge is 0.309 e. The SMILES string of the molecule is CC(C)c1cc(NC(=O)CC2CCCCCC2)n[nH]1. The Balaban J connectivity index is 1.82. The number of nitrogens with one attached hydrogen (secondary N) is 2. The summed E-state index contributed by atoms with van der Waals surface area (Å²) in [4.78, 5) is 12.0. The van der Waals surface area contributed by atoms with Crippen LogP contribution in [0.15, 0.2) is 6.07 Å². The molecule has 19 heavy (non-hydrogen) atoms. The van der Waals surface area contributed by atoms with Crippen LogP contribution in [-0.4, -0.2) is 16.1 Å². The number of carbonyl (C=O) groups excluding carboxylic acids is 1. The molecule has 1 saturated carbocycles. The second-order valence-electron chi connectivity index (χ2n) is 5.97. The fourth-order valence-corrected chi connectivity index (χ4v) is 2.72. The molecule has 2 N–H and O–H groups in total. The number of carbonyl (C=O) groups is 1. The van der Waals surface area contributed by atoms with Crippen LogP contribution in [0.3, 0.4) is 0 Å². The van der Waals surface area contributed by atoms with Crippen LogP contribution in [0.25, 0.3) is 0 Å². The van der Waals surface area contributed by atoms with E-state index >= 15 is 0 Å². The van der Waals surface area contributed by atoms with Crippen molar-refractivity contribution in [3.05, 3.63) is 11.8 Å². The predicted molar refractivity (Wildman–Crippen MR) is 77.1 cm³/mol. The number of aromatic nitrogens is 2. The van der Waals surface area contributed by atoms with Crippen LogP contribution in [0, 0.1) is 5.92 Å². The molecule has 0 unspecified atom stereocenters. The van der Waals surface area contributed by atoms with Crippen LogP contribution < -0.4 is 5.32 Å². The lowest BCUT2D eigenvalue weighted by Gasteiger charge is -2.12. The second kappa shape index (κ2) is 6.73. The molecule has 0 bridgehead atoms. The minimum absolute atomic E-state index is 0.105. The van der Waals surface area contributed by atoms with Gasteiger partial charge in [-0.25, -0.2) is 0 Å². The third-order valence-corrected chi connectivity index (χ3v) is 3.94. The van der Waals surface area contributed by atoms with Gasteiger partial charge in [-0.2, -0.15) is 5.10 Å². The molecule has 1 amide bonds. The van der Waals surface area contributed by atoms with Gasteiger partial charge in [-0.15, -0.1) is 0 Å². The molecule has 1 heterocycles. The van der Waals surface area contributed by atoms with Gasteiger partial charge in [0.05, 0.1) is 0 Å². The van der Waals surface area contributed by atoms with Gasteiger partial charge < -0.3 is 5.32 Å². The van der Waals surface area contributed by atoms with Crippen molar-refractivity contribution in [2.24, 2.45) is 5.92 Å². The predicted octanol–water partition coefficient (Wildman–Crippen LogP) is 3.83. The first kappa shape index (κ1) is 14.1. The highest BCUT2D eigenvalue weighted by Gasteiger charge is 2.16. The van der Waals surface area contributed by atoms with Gasteiger partial charge in [0.2, 0.25) is 5.91 Å². The highest BCUT2D eigenvalue weighted by Crippen LogP contribution is 2.25. The van der Waals surface area contributed by atoms with Crippen molar-refractivity contribution >= 4 is 11.7 Å². The Bertz CT molecular complexity index is 403. The van der Waals surface area contributed by atoms with Crippen molar-refractivity contribution in [2.45, 2.75) is 64.7 Å². The third kappa shape index (κ3) is 4.37. The van der Waals surface area contributed by atoms with E-state index in [4.69, 9.17) is 0 Å². The first-order chi connectivity index (χ1) is 9.15. The number of aromatic amines is 1. The number of H-pyrrole nitrogens is 1. The van der Waals surface area contributed by atoms with Gasteiger partial charge >= 0.3 is 0 Å². The topological polar surface area (TPSA) is 57.8 Å². The molecule has 106 valence electrons. The first-order valence-corrected chi connectivity index (χ1v) is 7.50. The van der Waals surface area contributed by atoms with Gasteiger partial charge in [-0.1, -0.05) is 39.5 Å². The lowest BCUT2D eigenvalue weighted by molar-refractivity contribution is -0.117. The summed E-state index contributed by atoms with van der Waals surface area (Å²) in [5.74, 6) is 1.72. The zero-order valence-electron chi connectivity index (χ0n) is 12.0. The van der Waals surface area contributed by atoms with Gasteiger partial charge in [-0.3, -0.25) is 9.89 Å². The molecule has 0 aliphatic heterocycles. The van der Waals surface area contributed by atoms with Crippen LogP contribution in [0.2, 0.25) is 0 Å². The van der Waals surface area contributed by atoms with Crippen LogP contribution >= 0.6 is 0 Å². The number of hydrogen-bond donors (Lipinski definition) is 2. The van der Waals surface area contributed by atoms with E-state index in [9.17, 15) is 4.79 Å². The Morgan fingerprint density at radius 2 is 2.05 bits per heavy atom. The van der Waals surface area contributed by atoms with Gasteiger partial charge in [0.15, 0.2) is 5.82 Å². The Labute approximate surface area is 115 Å². The highest BCUT2D eigenvalue weighted by atomic mass is 16.1. The smallest absolute Gasteiger partial charge is 0.225 e. The van der Waals surface area contributed by atoms with E-state index in [0.29, 0.717) is 24.1 Å². The maximum atomic E-state index is 12.0. The summed E-state index contributed by atoms with van der Waals surface area (Å²) in [5.41, 5.74) is 1.06. The molecule has 1 fully saturated rings. The normalized spacial score (nSPS) is 17.4. The number of anilines is 1. The zero-order valence-corrected chi connectivity index (χ0v) is 12.0. The Kier molecular flexibility index (Phi) is 5.00. The summed E-state index contributed by atoms with van der Waals surface area (Å²) in [6.45, 7) is 4.20. The highest BCUT2D eigenvalue weighted by molar-refractivity contribution is 5.89. The van der Waals surface area contributed by atoms with E-state index < -0.39 is 0 Å². The summed E-state index contributed by atoms with van der Waals surface area (Å²) < 4.78 is 0. The van der Waals surface area contributed by atoms with Crippen molar-refractivity contribution in [3.63, 3.8) is 0 Å². The molecule has 0 atom stereocenters. The fraction of sp³-hybridized carbons (Fsp3) is 0.733. The summed E-state index contributed by atoms with van der Waals surface area (Å²) in [5, 5.41) is 10.00. The second-order valence-corrected chi connectivity index (χ2v) is 5.97. The third-order valence-electron chi connectivity index (χ3n) is 3.94. The molecule has 4 heteroatoms. The zero-order chi connectivity index (χ0) is 13.7. The molecule has 0 spiro atoms. The minimum atomic E-state index is 0.105. The van der Waals surface area contributed by atoms with Crippen LogP contribution in [0.1, 0.15) is 70.4 Å². The molecule has 1 aliphatic rings. The quantitative estimate of drug-likeness (QED) is 0.811. The first-order valence-electron chi connectivity index (χ1n) is 7.50. The lowest BCUT2D eigenvalue weighted by Crippen LogP contribution is -2.16. The molecule has 0 saturated heterocycles. The number of nitrogens with zero attached hydrogens (tertiary/aromatic N) is 1. The molecular formula is C15H25N3O. The minimum Gasteiger partial charge on any atom is -0.309 e. The van der Waals surface area contributed by atoms with Crippen LogP contribution in [-0.2, 0) is 4.79 Å². The van der Waals surface area contributed by atoms with Gasteiger partial charge in [0, 0.05) is 18.2 Å². The Morgan fingerprint density at radius 3 is 2.63 bits per heavy atom. The maximum Gasteiger partial charge on any atom is 0.225 e. The average Bonchev–Trinajstić information content (AvgIpc) is 2.67. The Morgan fingerprint density at radius 1 is 1.37 bits per heavy atom. The van der Waals surface area contributed by atoms with Crippen LogP contribution in [0.4, 0.5) is 5.82 Å². The van der Waals surface area contributed by atoms with Crippen molar-refractivity contribution in [2.75, 3.05) is 5.32 Å². The number of amides is 1. The molecule has 2 rings (SSSR count). The molecule has 1 aliphatic carbocycles. The summed E-state index contributed by atoms with van der Waals surface area (Å²) in [7, 11) is 0. The molecule has 0 aromatic carbocycles. The van der Waals surface area contributed by atoms with E-state index in [-0.39, 0.29) is 5.91 Å². The average molecular weight is 263 g/mol. The van der Waals surface area contributed by atoms with Crippen molar-refractivity contribution in [3.8, 4) is 0 Å². The molecule has 4 nitrogen and oxygen atoms in total. The summed E-state index contributed by atoms with van der Waals surface area (Å²) in [6.07, 6.45) is 8.25. The maximum absolute atomic E-state index is 12.0. The molecular weight excluding hydrogens is 238 g/mol. The van der Waals surface area contributed by atoms with E-state index in [1.54, 1.807) is 0 Å². The van der Waals surface area contributed by atoms with Crippen molar-refractivity contribution in [1.29, 1.82) is 0 Å². The summed E-state index contributed by atoms with van der Waals surface area (Å²) in [6, 6.07) is 1.93. The van der Waals surface area contributed by atoms with Gasteiger partial charge in [-0.05, 0) is 24.7 Å². The van der Waals surface area contributed by atoms with Gasteiger partial charge in [0.1, 0.15) is 0 Å². The number of hydrogen-bond acceptors (Lipinski definition) is 2. The van der Waals surface area contributed by atoms with E-state index in [1.165, 1.54) is 38.5 Å². The van der Waals surface area contributed by atoms with Crippen molar-refractivity contribution in [1.82, 2.24) is 10.2 Å². The fourth-order valence-electron chi connectivity index (χ4n) is 2.72. The molecule has 1 aromatic heterocycles. The van der Waals surface area contributed by atoms with E-state index in [2.05, 4.69) is 29.4 Å². The molecule has 1 aromatic rings. The van der Waals surface area contributed by atoms with E-state index in [1.807, 2.05) is 6.07 Å². The van der Waals surface area contributed by atoms with Crippen LogP contribution in [0.5, 0.6) is 0 Å². The van der Waals surface area contributed by atoms with Gasteiger partial charge in [0.25, 0.3) is 0 Å². The number of rotatable bonds is 4. The lowest BCUT2D eigenvalue weighted by atomic mass is 9.96. The Hall–Kier alpha value is -1.32. The molecule has 0 radical (unpaired) electrons. The van der Waals surface area contributed by atoms with Crippen molar-refractivity contribution < 1.29 is 4.79 Å².